The first kappa shape index (κ1) is 16.6. The van der Waals surface area contributed by atoms with Crippen LogP contribution in [0.1, 0.15) is 27.0 Å². The number of benzene rings is 2. The first-order valence-corrected chi connectivity index (χ1v) is 8.10. The van der Waals surface area contributed by atoms with Gasteiger partial charge in [0.25, 0.3) is 5.91 Å². The van der Waals surface area contributed by atoms with Crippen LogP contribution in [0.2, 0.25) is 0 Å². The van der Waals surface area contributed by atoms with Gasteiger partial charge in [-0.05, 0) is 31.0 Å². The Kier molecular flexibility index (Phi) is 5.04. The van der Waals surface area contributed by atoms with E-state index in [4.69, 9.17) is 0 Å². The first-order valence-electron chi connectivity index (χ1n) is 8.10. The van der Waals surface area contributed by atoms with Gasteiger partial charge in [0, 0.05) is 24.6 Å². The molecule has 0 aliphatic heterocycles. The van der Waals surface area contributed by atoms with Gasteiger partial charge >= 0.3 is 0 Å². The molecule has 126 valence electrons. The molecule has 5 nitrogen and oxygen atoms in total. The highest BCUT2D eigenvalue weighted by atomic mass is 16.1. The molecular formula is C20H20N4O. The summed E-state index contributed by atoms with van der Waals surface area (Å²) < 4.78 is 0. The van der Waals surface area contributed by atoms with Gasteiger partial charge in [-0.1, -0.05) is 48.0 Å². The second-order valence-corrected chi connectivity index (χ2v) is 5.90. The maximum atomic E-state index is 12.2. The predicted molar refractivity (Wildman–Crippen MR) is 98.8 cm³/mol. The van der Waals surface area contributed by atoms with Crippen molar-refractivity contribution in [3.63, 3.8) is 0 Å². The van der Waals surface area contributed by atoms with E-state index in [9.17, 15) is 4.79 Å². The number of nitrogens with zero attached hydrogens (tertiary/aromatic N) is 2. The number of amides is 1. The number of nitrogens with one attached hydrogen (secondary N) is 2. The van der Waals surface area contributed by atoms with Gasteiger partial charge in [0.15, 0.2) is 0 Å². The molecule has 3 aromatic rings. The topological polar surface area (TPSA) is 66.9 Å². The minimum Gasteiger partial charge on any atom is -0.348 e. The number of anilines is 2. The number of hydrogen-bond acceptors (Lipinski definition) is 4. The summed E-state index contributed by atoms with van der Waals surface area (Å²) in [4.78, 5) is 20.6. The van der Waals surface area contributed by atoms with Crippen LogP contribution in [0.4, 0.5) is 11.6 Å². The fourth-order valence-electron chi connectivity index (χ4n) is 2.33. The average molecular weight is 332 g/mol. The molecule has 0 radical (unpaired) electrons. The van der Waals surface area contributed by atoms with Crippen molar-refractivity contribution < 1.29 is 4.79 Å². The van der Waals surface area contributed by atoms with Crippen molar-refractivity contribution in [3.8, 4) is 0 Å². The Bertz CT molecular complexity index is 858. The summed E-state index contributed by atoms with van der Waals surface area (Å²) in [6.07, 6.45) is 3.05. The molecule has 1 amide bonds. The molecule has 0 saturated heterocycles. The number of aryl methyl sites for hydroxylation is 2. The molecule has 1 aromatic heterocycles. The van der Waals surface area contributed by atoms with Gasteiger partial charge in [-0.15, -0.1) is 0 Å². The van der Waals surface area contributed by atoms with Gasteiger partial charge in [-0.2, -0.15) is 0 Å². The van der Waals surface area contributed by atoms with Gasteiger partial charge in [0.05, 0.1) is 5.56 Å². The Morgan fingerprint density at radius 3 is 2.32 bits per heavy atom. The average Bonchev–Trinajstić information content (AvgIpc) is 2.63. The lowest BCUT2D eigenvalue weighted by molar-refractivity contribution is 0.0950. The molecule has 2 aromatic carbocycles. The van der Waals surface area contributed by atoms with Gasteiger partial charge in [0.1, 0.15) is 0 Å². The van der Waals surface area contributed by atoms with Gasteiger partial charge in [0.2, 0.25) is 5.95 Å². The quantitative estimate of drug-likeness (QED) is 0.746. The number of hydrogen-bond donors (Lipinski definition) is 2. The zero-order valence-electron chi connectivity index (χ0n) is 14.3. The van der Waals surface area contributed by atoms with Crippen LogP contribution in [0.25, 0.3) is 0 Å². The highest BCUT2D eigenvalue weighted by Gasteiger charge is 2.07. The van der Waals surface area contributed by atoms with E-state index in [1.54, 1.807) is 0 Å². The van der Waals surface area contributed by atoms with Crippen LogP contribution < -0.4 is 10.6 Å². The second kappa shape index (κ2) is 7.57. The summed E-state index contributed by atoms with van der Waals surface area (Å²) in [5.41, 5.74) is 4.73. The van der Waals surface area contributed by atoms with Crippen molar-refractivity contribution in [1.82, 2.24) is 15.3 Å². The Morgan fingerprint density at radius 2 is 1.64 bits per heavy atom. The van der Waals surface area contributed by atoms with Gasteiger partial charge < -0.3 is 10.6 Å². The Hall–Kier alpha value is -3.21. The summed E-state index contributed by atoms with van der Waals surface area (Å²) >= 11 is 0. The Morgan fingerprint density at radius 1 is 0.960 bits per heavy atom. The minimum absolute atomic E-state index is 0.192. The van der Waals surface area contributed by atoms with E-state index in [1.165, 1.54) is 18.0 Å². The van der Waals surface area contributed by atoms with Crippen LogP contribution in [0.5, 0.6) is 0 Å². The number of aromatic nitrogens is 2. The van der Waals surface area contributed by atoms with E-state index < -0.39 is 0 Å². The van der Waals surface area contributed by atoms with E-state index in [-0.39, 0.29) is 5.91 Å². The summed E-state index contributed by atoms with van der Waals surface area (Å²) in [7, 11) is 0. The van der Waals surface area contributed by atoms with E-state index in [1.807, 2.05) is 62.4 Å². The molecule has 0 aliphatic rings. The third-order valence-corrected chi connectivity index (χ3v) is 3.88. The number of carbonyl (C=O) groups excluding carboxylic acids is 1. The molecule has 0 bridgehead atoms. The first-order chi connectivity index (χ1) is 12.1. The van der Waals surface area contributed by atoms with E-state index in [0.717, 1.165) is 16.8 Å². The maximum absolute atomic E-state index is 12.2. The van der Waals surface area contributed by atoms with Crippen molar-refractivity contribution in [2.24, 2.45) is 0 Å². The molecule has 0 spiro atoms. The summed E-state index contributed by atoms with van der Waals surface area (Å²) in [5, 5.41) is 6.02. The van der Waals surface area contributed by atoms with E-state index >= 15 is 0 Å². The molecule has 0 unspecified atom stereocenters. The monoisotopic (exact) mass is 332 g/mol. The summed E-state index contributed by atoms with van der Waals surface area (Å²) in [5.74, 6) is 0.271. The fourth-order valence-corrected chi connectivity index (χ4v) is 2.33. The highest BCUT2D eigenvalue weighted by Crippen LogP contribution is 2.17. The van der Waals surface area contributed by atoms with Crippen LogP contribution in [-0.4, -0.2) is 15.9 Å². The Balaban J connectivity index is 1.60. The molecule has 0 saturated carbocycles. The molecule has 0 aliphatic carbocycles. The SMILES string of the molecule is Cc1ccc(CNC(=O)c2cnc(Nc3ccccc3C)nc2)cc1. The second-order valence-electron chi connectivity index (χ2n) is 5.90. The zero-order chi connectivity index (χ0) is 17.6. The molecule has 3 rings (SSSR count). The van der Waals surface area contributed by atoms with Crippen LogP contribution >= 0.6 is 0 Å². The van der Waals surface area contributed by atoms with Crippen molar-refractivity contribution >= 4 is 17.5 Å². The third kappa shape index (κ3) is 4.41. The van der Waals surface area contributed by atoms with Crippen LogP contribution in [0.3, 0.4) is 0 Å². The van der Waals surface area contributed by atoms with Gasteiger partial charge in [-0.25, -0.2) is 9.97 Å². The lowest BCUT2D eigenvalue weighted by atomic mass is 10.1. The normalized spacial score (nSPS) is 10.3. The largest absolute Gasteiger partial charge is 0.348 e. The molecule has 25 heavy (non-hydrogen) atoms. The number of carbonyl (C=O) groups is 1. The number of para-hydroxylation sites is 1. The lowest BCUT2D eigenvalue weighted by Gasteiger charge is -2.08. The van der Waals surface area contributed by atoms with Gasteiger partial charge in [-0.3, -0.25) is 4.79 Å². The van der Waals surface area contributed by atoms with E-state index in [2.05, 4.69) is 20.6 Å². The van der Waals surface area contributed by atoms with Crippen LogP contribution in [0, 0.1) is 13.8 Å². The van der Waals surface area contributed by atoms with E-state index in [0.29, 0.717) is 18.1 Å². The standard InChI is InChI=1S/C20H20N4O/c1-14-7-9-16(10-8-14)11-21-19(25)17-12-22-20(23-13-17)24-18-6-4-3-5-15(18)2/h3-10,12-13H,11H2,1-2H3,(H,21,25)(H,22,23,24). The highest BCUT2D eigenvalue weighted by molar-refractivity contribution is 5.93. The third-order valence-electron chi connectivity index (χ3n) is 3.88. The molecule has 0 fully saturated rings. The lowest BCUT2D eigenvalue weighted by Crippen LogP contribution is -2.23. The zero-order valence-corrected chi connectivity index (χ0v) is 14.3. The maximum Gasteiger partial charge on any atom is 0.254 e. The van der Waals surface area contributed by atoms with Crippen molar-refractivity contribution in [3.05, 3.63) is 83.2 Å². The van der Waals surface area contributed by atoms with Crippen LogP contribution in [-0.2, 0) is 6.54 Å². The van der Waals surface area contributed by atoms with Crippen molar-refractivity contribution in [1.29, 1.82) is 0 Å². The molecule has 2 N–H and O–H groups in total. The molecule has 5 heteroatoms. The molecular weight excluding hydrogens is 312 g/mol. The summed E-state index contributed by atoms with van der Waals surface area (Å²) in [6, 6.07) is 15.9. The predicted octanol–water partition coefficient (Wildman–Crippen LogP) is 3.77. The Labute approximate surface area is 147 Å². The molecule has 1 heterocycles. The fraction of sp³-hybridized carbons (Fsp3) is 0.150. The van der Waals surface area contributed by atoms with Crippen molar-refractivity contribution in [2.75, 3.05) is 5.32 Å². The summed E-state index contributed by atoms with van der Waals surface area (Å²) in [6.45, 7) is 4.52. The van der Waals surface area contributed by atoms with Crippen LogP contribution in [0.15, 0.2) is 60.9 Å². The smallest absolute Gasteiger partial charge is 0.254 e. The molecule has 0 atom stereocenters. The minimum atomic E-state index is -0.192. The number of rotatable bonds is 5. The van der Waals surface area contributed by atoms with Crippen molar-refractivity contribution in [2.45, 2.75) is 20.4 Å².